The van der Waals surface area contributed by atoms with Gasteiger partial charge in [-0.3, -0.25) is 0 Å². The molecule has 5 nitrogen and oxygen atoms in total. The van der Waals surface area contributed by atoms with Crippen molar-refractivity contribution in [3.8, 4) is 0 Å². The van der Waals surface area contributed by atoms with Crippen LogP contribution in [-0.4, -0.2) is 53.1 Å². The van der Waals surface area contributed by atoms with E-state index in [4.69, 9.17) is 11.6 Å². The first kappa shape index (κ1) is 14.0. The minimum absolute atomic E-state index is 0.304. The average Bonchev–Trinajstić information content (AvgIpc) is 2.84. The first-order valence-electron chi connectivity index (χ1n) is 6.82. The Balaban J connectivity index is 1.88. The number of likely N-dealkylation sites (N-methyl/N-ethyl adjacent to an activating group) is 1. The second-order valence-electron chi connectivity index (χ2n) is 5.03. The number of rotatable bonds is 3. The van der Waals surface area contributed by atoms with E-state index in [1.807, 2.05) is 0 Å². The van der Waals surface area contributed by atoms with E-state index in [0.29, 0.717) is 5.28 Å². The molecule has 108 valence electrons. The number of fused-ring (bicyclic) bond motifs is 1. The Morgan fingerprint density at radius 2 is 2.05 bits per heavy atom. The SMILES string of the molecule is CCc1cc2c(NN3CCN(C)CC3)nc(Cl)nc2s1. The minimum Gasteiger partial charge on any atom is -0.304 e. The van der Waals surface area contributed by atoms with Crippen LogP contribution in [0, 0.1) is 0 Å². The van der Waals surface area contributed by atoms with Crippen LogP contribution in [-0.2, 0) is 6.42 Å². The Morgan fingerprint density at radius 3 is 2.75 bits per heavy atom. The number of aryl methyl sites for hydroxylation is 1. The lowest BCUT2D eigenvalue weighted by Gasteiger charge is -2.32. The van der Waals surface area contributed by atoms with Gasteiger partial charge in [-0.05, 0) is 31.1 Å². The number of hydrazine groups is 1. The maximum atomic E-state index is 6.03. The highest BCUT2D eigenvalue weighted by atomic mass is 35.5. The van der Waals surface area contributed by atoms with Crippen molar-refractivity contribution < 1.29 is 0 Å². The highest BCUT2D eigenvalue weighted by Crippen LogP contribution is 2.30. The van der Waals surface area contributed by atoms with E-state index in [-0.39, 0.29) is 0 Å². The van der Waals surface area contributed by atoms with Crippen LogP contribution < -0.4 is 5.43 Å². The van der Waals surface area contributed by atoms with Gasteiger partial charge in [0.15, 0.2) is 5.82 Å². The predicted octanol–water partition coefficient (Wildman–Crippen LogP) is 2.48. The molecule has 7 heteroatoms. The second kappa shape index (κ2) is 5.81. The summed E-state index contributed by atoms with van der Waals surface area (Å²) in [7, 11) is 2.14. The summed E-state index contributed by atoms with van der Waals surface area (Å²) >= 11 is 7.72. The molecule has 3 rings (SSSR count). The zero-order chi connectivity index (χ0) is 14.1. The summed E-state index contributed by atoms with van der Waals surface area (Å²) in [4.78, 5) is 13.3. The van der Waals surface area contributed by atoms with Gasteiger partial charge in [-0.25, -0.2) is 9.99 Å². The zero-order valence-corrected chi connectivity index (χ0v) is 13.3. The Bertz CT molecular complexity index is 606. The number of hydrogen-bond acceptors (Lipinski definition) is 6. The third-order valence-electron chi connectivity index (χ3n) is 3.53. The fraction of sp³-hybridized carbons (Fsp3) is 0.538. The molecule has 2 aromatic rings. The van der Waals surface area contributed by atoms with E-state index in [1.54, 1.807) is 11.3 Å². The van der Waals surface area contributed by atoms with Gasteiger partial charge in [0.2, 0.25) is 5.28 Å². The molecule has 0 aromatic carbocycles. The van der Waals surface area contributed by atoms with Gasteiger partial charge >= 0.3 is 0 Å². The van der Waals surface area contributed by atoms with Crippen molar-refractivity contribution in [1.82, 2.24) is 19.9 Å². The zero-order valence-electron chi connectivity index (χ0n) is 11.7. The van der Waals surface area contributed by atoms with Crippen molar-refractivity contribution in [3.05, 3.63) is 16.2 Å². The molecular formula is C13H18ClN5S. The minimum atomic E-state index is 0.304. The summed E-state index contributed by atoms with van der Waals surface area (Å²) in [6.45, 7) is 6.21. The lowest BCUT2D eigenvalue weighted by molar-refractivity contribution is 0.178. The molecule has 0 spiro atoms. The van der Waals surface area contributed by atoms with Gasteiger partial charge in [0, 0.05) is 31.1 Å². The largest absolute Gasteiger partial charge is 0.304 e. The third kappa shape index (κ3) is 2.88. The quantitative estimate of drug-likeness (QED) is 0.882. The molecule has 20 heavy (non-hydrogen) atoms. The van der Waals surface area contributed by atoms with E-state index >= 15 is 0 Å². The molecule has 0 saturated carbocycles. The van der Waals surface area contributed by atoms with E-state index < -0.39 is 0 Å². The van der Waals surface area contributed by atoms with Crippen molar-refractivity contribution in [2.75, 3.05) is 38.7 Å². The van der Waals surface area contributed by atoms with Gasteiger partial charge in [0.1, 0.15) is 4.83 Å². The average molecular weight is 312 g/mol. The fourth-order valence-electron chi connectivity index (χ4n) is 2.27. The van der Waals surface area contributed by atoms with Crippen molar-refractivity contribution in [2.45, 2.75) is 13.3 Å². The standard InChI is InChI=1S/C13H18ClN5S/c1-3-9-8-10-11(15-13(14)16-12(10)20-9)17-19-6-4-18(2)5-7-19/h8H,3-7H2,1-2H3,(H,15,16,17). The van der Waals surface area contributed by atoms with E-state index in [2.05, 4.69) is 45.3 Å². The third-order valence-corrected chi connectivity index (χ3v) is 4.87. The van der Waals surface area contributed by atoms with Gasteiger partial charge in [0.05, 0.1) is 5.39 Å². The Hall–Kier alpha value is -0.950. The fourth-order valence-corrected chi connectivity index (χ4v) is 3.46. The molecule has 0 unspecified atom stereocenters. The van der Waals surface area contributed by atoms with Crippen LogP contribution in [0.1, 0.15) is 11.8 Å². The van der Waals surface area contributed by atoms with E-state index in [0.717, 1.165) is 48.6 Å². The molecule has 1 aliphatic heterocycles. The smallest absolute Gasteiger partial charge is 0.225 e. The lowest BCUT2D eigenvalue weighted by Crippen LogP contribution is -2.47. The molecule has 0 aliphatic carbocycles. The van der Waals surface area contributed by atoms with Crippen LogP contribution in [0.3, 0.4) is 0 Å². The van der Waals surface area contributed by atoms with Crippen molar-refractivity contribution in [2.24, 2.45) is 0 Å². The Kier molecular flexibility index (Phi) is 4.07. The second-order valence-corrected chi connectivity index (χ2v) is 6.48. The number of aromatic nitrogens is 2. The number of hydrogen-bond donors (Lipinski definition) is 1. The van der Waals surface area contributed by atoms with E-state index in [1.165, 1.54) is 4.88 Å². The predicted molar refractivity (Wildman–Crippen MR) is 84.5 cm³/mol. The Labute approximate surface area is 127 Å². The van der Waals surface area contributed by atoms with Gasteiger partial charge in [-0.1, -0.05) is 6.92 Å². The number of nitrogens with zero attached hydrogens (tertiary/aromatic N) is 4. The Morgan fingerprint density at radius 1 is 1.30 bits per heavy atom. The summed E-state index contributed by atoms with van der Waals surface area (Å²) < 4.78 is 0. The molecule has 2 aromatic heterocycles. The van der Waals surface area contributed by atoms with Gasteiger partial charge < -0.3 is 10.3 Å². The monoisotopic (exact) mass is 311 g/mol. The number of nitrogens with one attached hydrogen (secondary N) is 1. The van der Waals surface area contributed by atoms with Gasteiger partial charge in [-0.15, -0.1) is 11.3 Å². The number of halogens is 1. The normalized spacial score (nSPS) is 17.8. The molecule has 1 fully saturated rings. The van der Waals surface area contributed by atoms with Gasteiger partial charge in [0.25, 0.3) is 0 Å². The summed E-state index contributed by atoms with van der Waals surface area (Å²) in [5, 5.41) is 3.57. The summed E-state index contributed by atoms with van der Waals surface area (Å²) in [5.74, 6) is 0.820. The van der Waals surface area contributed by atoms with Crippen molar-refractivity contribution >= 4 is 39.0 Å². The first-order chi connectivity index (χ1) is 9.65. The maximum absolute atomic E-state index is 6.03. The van der Waals surface area contributed by atoms with Crippen LogP contribution in [0.5, 0.6) is 0 Å². The highest BCUT2D eigenvalue weighted by Gasteiger charge is 2.17. The molecule has 0 atom stereocenters. The van der Waals surface area contributed by atoms with Gasteiger partial charge in [-0.2, -0.15) is 4.98 Å². The lowest BCUT2D eigenvalue weighted by atomic mass is 10.3. The molecule has 0 amide bonds. The summed E-state index contributed by atoms with van der Waals surface area (Å²) in [6.07, 6.45) is 1.01. The van der Waals surface area contributed by atoms with Crippen LogP contribution in [0.15, 0.2) is 6.07 Å². The maximum Gasteiger partial charge on any atom is 0.225 e. The molecular weight excluding hydrogens is 294 g/mol. The van der Waals surface area contributed by atoms with Crippen LogP contribution >= 0.6 is 22.9 Å². The molecule has 1 N–H and O–H groups in total. The molecule has 0 bridgehead atoms. The summed E-state index contributed by atoms with van der Waals surface area (Å²) in [6, 6.07) is 2.16. The van der Waals surface area contributed by atoms with Crippen molar-refractivity contribution in [3.63, 3.8) is 0 Å². The van der Waals surface area contributed by atoms with Crippen molar-refractivity contribution in [1.29, 1.82) is 0 Å². The molecule has 1 aliphatic rings. The van der Waals surface area contributed by atoms with Crippen LogP contribution in [0.2, 0.25) is 5.28 Å². The summed E-state index contributed by atoms with van der Waals surface area (Å²) in [5.41, 5.74) is 3.40. The first-order valence-corrected chi connectivity index (χ1v) is 8.01. The number of anilines is 1. The molecule has 1 saturated heterocycles. The number of piperazine rings is 1. The van der Waals surface area contributed by atoms with Crippen LogP contribution in [0.25, 0.3) is 10.2 Å². The number of thiophene rings is 1. The molecule has 0 radical (unpaired) electrons. The molecule has 3 heterocycles. The topological polar surface area (TPSA) is 44.3 Å². The van der Waals surface area contributed by atoms with Crippen LogP contribution in [0.4, 0.5) is 5.82 Å². The highest BCUT2D eigenvalue weighted by molar-refractivity contribution is 7.18. The van der Waals surface area contributed by atoms with E-state index in [9.17, 15) is 0 Å².